The van der Waals surface area contributed by atoms with Crippen LogP contribution in [-0.4, -0.2) is 29.2 Å². The number of nitrogens with two attached hydrogens (primary N) is 1. The first-order valence-corrected chi connectivity index (χ1v) is 5.60. The summed E-state index contributed by atoms with van der Waals surface area (Å²) >= 11 is 0. The van der Waals surface area contributed by atoms with Crippen molar-refractivity contribution in [2.24, 2.45) is 5.73 Å². The van der Waals surface area contributed by atoms with Crippen molar-refractivity contribution in [1.29, 1.82) is 0 Å². The van der Waals surface area contributed by atoms with E-state index in [9.17, 15) is 14.4 Å². The molecule has 0 radical (unpaired) electrons. The van der Waals surface area contributed by atoms with Gasteiger partial charge in [-0.2, -0.15) is 0 Å². The highest BCUT2D eigenvalue weighted by Gasteiger charge is 2.44. The van der Waals surface area contributed by atoms with Gasteiger partial charge < -0.3 is 5.73 Å². The van der Waals surface area contributed by atoms with E-state index in [1.807, 2.05) is 0 Å². The number of imide groups is 1. The molecule has 0 aromatic heterocycles. The number of carbonyl (C=O) groups excluding carboxylic acids is 3. The molecule has 0 saturated heterocycles. The minimum atomic E-state index is -0.833. The third-order valence-corrected chi connectivity index (χ3v) is 3.17. The van der Waals surface area contributed by atoms with Crippen LogP contribution in [0.1, 0.15) is 29.8 Å². The molecule has 0 bridgehead atoms. The fourth-order valence-electron chi connectivity index (χ4n) is 2.20. The van der Waals surface area contributed by atoms with Gasteiger partial charge in [-0.15, -0.1) is 0 Å². The van der Waals surface area contributed by atoms with Crippen molar-refractivity contribution in [3.05, 3.63) is 35.4 Å². The Morgan fingerprint density at radius 1 is 1.28 bits per heavy atom. The van der Waals surface area contributed by atoms with E-state index >= 15 is 0 Å². The van der Waals surface area contributed by atoms with Gasteiger partial charge >= 0.3 is 0 Å². The maximum absolute atomic E-state index is 12.3. The summed E-state index contributed by atoms with van der Waals surface area (Å²) in [6.45, 7) is 3.08. The van der Waals surface area contributed by atoms with E-state index in [4.69, 9.17) is 5.73 Å². The number of amides is 3. The van der Waals surface area contributed by atoms with Crippen LogP contribution in [0.3, 0.4) is 0 Å². The summed E-state index contributed by atoms with van der Waals surface area (Å²) in [5, 5.41) is 0. The van der Waals surface area contributed by atoms with Crippen LogP contribution < -0.4 is 5.73 Å². The zero-order valence-corrected chi connectivity index (χ0v) is 10.3. The smallest absolute Gasteiger partial charge is 0.261 e. The van der Waals surface area contributed by atoms with Gasteiger partial charge in [0.2, 0.25) is 11.8 Å². The lowest BCUT2D eigenvalue weighted by Crippen LogP contribution is -2.54. The van der Waals surface area contributed by atoms with Crippen molar-refractivity contribution < 1.29 is 14.4 Å². The number of primary amides is 1. The molecule has 2 N–H and O–H groups in total. The van der Waals surface area contributed by atoms with Crippen molar-refractivity contribution >= 4 is 17.7 Å². The number of hydrogen-bond donors (Lipinski definition) is 1. The molecule has 0 aliphatic carbocycles. The number of benzene rings is 1. The minimum Gasteiger partial charge on any atom is -0.368 e. The summed E-state index contributed by atoms with van der Waals surface area (Å²) in [5.74, 6) is -1.56. The first-order chi connectivity index (χ1) is 8.35. The van der Waals surface area contributed by atoms with Crippen molar-refractivity contribution in [2.75, 3.05) is 6.54 Å². The second-order valence-electron chi connectivity index (χ2n) is 4.83. The van der Waals surface area contributed by atoms with Crippen LogP contribution in [0.15, 0.2) is 24.3 Å². The van der Waals surface area contributed by atoms with Crippen LogP contribution in [0, 0.1) is 0 Å². The Bertz CT molecular complexity index is 549. The Morgan fingerprint density at radius 3 is 2.50 bits per heavy atom. The first-order valence-electron chi connectivity index (χ1n) is 5.60. The Balaban J connectivity index is 2.57. The van der Waals surface area contributed by atoms with Gasteiger partial charge in [-0.25, -0.2) is 0 Å². The van der Waals surface area contributed by atoms with E-state index in [1.165, 1.54) is 0 Å². The maximum atomic E-state index is 12.3. The number of fused-ring (bicyclic) bond motifs is 1. The molecule has 1 heterocycles. The summed E-state index contributed by atoms with van der Waals surface area (Å²) in [4.78, 5) is 36.3. The molecule has 5 nitrogen and oxygen atoms in total. The molecule has 0 atom stereocenters. The van der Waals surface area contributed by atoms with Crippen molar-refractivity contribution in [1.82, 2.24) is 4.90 Å². The van der Waals surface area contributed by atoms with E-state index in [1.54, 1.807) is 38.1 Å². The zero-order chi connectivity index (χ0) is 13.5. The van der Waals surface area contributed by atoms with Gasteiger partial charge in [0, 0.05) is 5.56 Å². The summed E-state index contributed by atoms with van der Waals surface area (Å²) < 4.78 is 0. The van der Waals surface area contributed by atoms with Crippen molar-refractivity contribution in [3.63, 3.8) is 0 Å². The second kappa shape index (κ2) is 3.94. The van der Waals surface area contributed by atoms with Gasteiger partial charge in [-0.1, -0.05) is 18.2 Å². The van der Waals surface area contributed by atoms with E-state index in [-0.39, 0.29) is 6.54 Å². The molecule has 18 heavy (non-hydrogen) atoms. The SMILES string of the molecule is CC1(C)C(=O)N(CC(N)=O)C(=O)c2ccccc21. The Labute approximate surface area is 105 Å². The summed E-state index contributed by atoms with van der Waals surface area (Å²) in [6, 6.07) is 6.92. The lowest BCUT2D eigenvalue weighted by molar-refractivity contribution is -0.137. The molecule has 1 aromatic carbocycles. The van der Waals surface area contributed by atoms with Crippen LogP contribution in [-0.2, 0) is 15.0 Å². The third kappa shape index (κ3) is 1.68. The second-order valence-corrected chi connectivity index (χ2v) is 4.83. The van der Waals surface area contributed by atoms with Crippen LogP contribution in [0.25, 0.3) is 0 Å². The number of nitrogens with zero attached hydrogens (tertiary/aromatic N) is 1. The summed E-state index contributed by atoms with van der Waals surface area (Å²) in [7, 11) is 0. The van der Waals surface area contributed by atoms with E-state index < -0.39 is 23.1 Å². The molecule has 0 spiro atoms. The van der Waals surface area contributed by atoms with E-state index in [0.717, 1.165) is 4.90 Å². The highest BCUT2D eigenvalue weighted by molar-refractivity contribution is 6.14. The van der Waals surface area contributed by atoms with Gasteiger partial charge in [0.25, 0.3) is 5.91 Å². The third-order valence-electron chi connectivity index (χ3n) is 3.17. The monoisotopic (exact) mass is 246 g/mol. The average Bonchev–Trinajstić information content (AvgIpc) is 2.32. The van der Waals surface area contributed by atoms with Gasteiger partial charge in [-0.3, -0.25) is 19.3 Å². The standard InChI is InChI=1S/C13H14N2O3/c1-13(2)9-6-4-3-5-8(9)11(17)15(12(13)18)7-10(14)16/h3-6H,7H2,1-2H3,(H2,14,16). The quantitative estimate of drug-likeness (QED) is 0.768. The number of carbonyl (C=O) groups is 3. The van der Waals surface area contributed by atoms with Gasteiger partial charge in [0.15, 0.2) is 0 Å². The predicted molar refractivity (Wildman–Crippen MR) is 64.7 cm³/mol. The molecule has 1 aliphatic rings. The first kappa shape index (κ1) is 12.3. The topological polar surface area (TPSA) is 80.5 Å². The summed E-state index contributed by atoms with van der Waals surface area (Å²) in [6.07, 6.45) is 0. The average molecular weight is 246 g/mol. The minimum absolute atomic E-state index is 0.380. The van der Waals surface area contributed by atoms with Crippen LogP contribution in [0.5, 0.6) is 0 Å². The van der Waals surface area contributed by atoms with E-state index in [0.29, 0.717) is 11.1 Å². The predicted octanol–water partition coefficient (Wildman–Crippen LogP) is 0.432. The molecule has 5 heteroatoms. The van der Waals surface area contributed by atoms with Crippen molar-refractivity contribution in [3.8, 4) is 0 Å². The number of rotatable bonds is 2. The molecule has 2 rings (SSSR count). The highest BCUT2D eigenvalue weighted by Crippen LogP contribution is 2.33. The normalized spacial score (nSPS) is 17.6. The Hall–Kier alpha value is -2.17. The fourth-order valence-corrected chi connectivity index (χ4v) is 2.20. The molecular formula is C13H14N2O3. The van der Waals surface area contributed by atoms with Gasteiger partial charge in [-0.05, 0) is 25.5 Å². The molecule has 0 fully saturated rings. The van der Waals surface area contributed by atoms with E-state index in [2.05, 4.69) is 0 Å². The molecule has 1 aliphatic heterocycles. The molecule has 1 aromatic rings. The molecule has 3 amide bonds. The highest BCUT2D eigenvalue weighted by atomic mass is 16.2. The Kier molecular flexibility index (Phi) is 2.69. The van der Waals surface area contributed by atoms with Crippen LogP contribution >= 0.6 is 0 Å². The zero-order valence-electron chi connectivity index (χ0n) is 10.3. The van der Waals surface area contributed by atoms with Gasteiger partial charge in [0.1, 0.15) is 6.54 Å². The Morgan fingerprint density at radius 2 is 1.89 bits per heavy atom. The van der Waals surface area contributed by atoms with Crippen molar-refractivity contribution in [2.45, 2.75) is 19.3 Å². The lowest BCUT2D eigenvalue weighted by atomic mass is 9.77. The molecule has 94 valence electrons. The molecular weight excluding hydrogens is 232 g/mol. The van der Waals surface area contributed by atoms with Crippen LogP contribution in [0.2, 0.25) is 0 Å². The maximum Gasteiger partial charge on any atom is 0.261 e. The molecule has 0 unspecified atom stereocenters. The number of hydrogen-bond acceptors (Lipinski definition) is 3. The largest absolute Gasteiger partial charge is 0.368 e. The lowest BCUT2D eigenvalue weighted by Gasteiger charge is -2.36. The van der Waals surface area contributed by atoms with Gasteiger partial charge in [0.05, 0.1) is 5.41 Å². The summed E-state index contributed by atoms with van der Waals surface area (Å²) in [5.41, 5.74) is 5.37. The molecule has 0 saturated carbocycles. The fraction of sp³-hybridized carbons (Fsp3) is 0.308. The van der Waals surface area contributed by atoms with Crippen LogP contribution in [0.4, 0.5) is 0 Å².